The molecular formula is C12H11BrN4O2. The van der Waals surface area contributed by atoms with E-state index in [1.54, 1.807) is 32.2 Å². The zero-order chi connectivity index (χ0) is 14.0. The van der Waals surface area contributed by atoms with Crippen LogP contribution >= 0.6 is 15.9 Å². The maximum absolute atomic E-state index is 11.0. The highest BCUT2D eigenvalue weighted by atomic mass is 79.9. The van der Waals surface area contributed by atoms with Crippen LogP contribution in [0.2, 0.25) is 0 Å². The van der Waals surface area contributed by atoms with Gasteiger partial charge in [-0.25, -0.2) is 9.97 Å². The van der Waals surface area contributed by atoms with Crippen LogP contribution in [-0.2, 0) is 0 Å². The largest absolute Gasteiger partial charge is 0.333 e. The van der Waals surface area contributed by atoms with Crippen molar-refractivity contribution in [3.05, 3.63) is 50.4 Å². The van der Waals surface area contributed by atoms with E-state index in [0.29, 0.717) is 21.8 Å². The third-order valence-corrected chi connectivity index (χ3v) is 2.99. The van der Waals surface area contributed by atoms with E-state index in [0.717, 1.165) is 5.56 Å². The number of nitro groups is 1. The minimum Gasteiger partial charge on any atom is -0.333 e. The Labute approximate surface area is 118 Å². The van der Waals surface area contributed by atoms with Gasteiger partial charge in [-0.15, -0.1) is 0 Å². The molecule has 0 bridgehead atoms. The second-order valence-corrected chi connectivity index (χ2v) is 4.79. The van der Waals surface area contributed by atoms with Gasteiger partial charge in [0, 0.05) is 6.07 Å². The van der Waals surface area contributed by atoms with E-state index in [-0.39, 0.29) is 5.69 Å². The molecule has 2 rings (SSSR count). The van der Waals surface area contributed by atoms with Crippen LogP contribution in [0.15, 0.2) is 29.0 Å². The zero-order valence-corrected chi connectivity index (χ0v) is 11.9. The molecule has 0 atom stereocenters. The van der Waals surface area contributed by atoms with Gasteiger partial charge >= 0.3 is 0 Å². The fourth-order valence-corrected chi connectivity index (χ4v) is 2.03. The molecule has 1 N–H and O–H groups in total. The molecule has 1 heterocycles. The Hall–Kier alpha value is -2.02. The lowest BCUT2D eigenvalue weighted by atomic mass is 10.1. The molecule has 0 saturated carbocycles. The lowest BCUT2D eigenvalue weighted by Crippen LogP contribution is -2.03. The van der Waals surface area contributed by atoms with Crippen molar-refractivity contribution in [2.45, 2.75) is 13.8 Å². The third kappa shape index (κ3) is 2.87. The maximum Gasteiger partial charge on any atom is 0.292 e. The minimum absolute atomic E-state index is 0.0177. The maximum atomic E-state index is 11.0. The quantitative estimate of drug-likeness (QED) is 0.690. The fourth-order valence-electron chi connectivity index (χ4n) is 1.66. The lowest BCUT2D eigenvalue weighted by Gasteiger charge is -2.10. The molecule has 0 radical (unpaired) electrons. The Morgan fingerprint density at radius 3 is 2.74 bits per heavy atom. The van der Waals surface area contributed by atoms with Crippen LogP contribution in [0.5, 0.6) is 0 Å². The predicted molar refractivity (Wildman–Crippen MR) is 75.6 cm³/mol. The van der Waals surface area contributed by atoms with Crippen molar-refractivity contribution < 1.29 is 4.92 Å². The van der Waals surface area contributed by atoms with Crippen LogP contribution in [0, 0.1) is 24.0 Å². The standard InChI is InChI=1S/C12H11BrN4O2/c1-7-4-3-5-9(17(18)19)11(7)16-12-8(2)15-10(13)6-14-12/h3-6H,1-2H3,(H,14,16). The molecule has 2 aromatic rings. The zero-order valence-electron chi connectivity index (χ0n) is 10.3. The number of para-hydroxylation sites is 1. The van der Waals surface area contributed by atoms with Crippen molar-refractivity contribution in [2.75, 3.05) is 5.32 Å². The molecule has 0 unspecified atom stereocenters. The summed E-state index contributed by atoms with van der Waals surface area (Å²) in [6, 6.07) is 4.91. The highest BCUT2D eigenvalue weighted by Crippen LogP contribution is 2.30. The Morgan fingerprint density at radius 2 is 2.11 bits per heavy atom. The van der Waals surface area contributed by atoms with Crippen LogP contribution in [0.1, 0.15) is 11.3 Å². The summed E-state index contributed by atoms with van der Waals surface area (Å²) in [6.45, 7) is 3.58. The summed E-state index contributed by atoms with van der Waals surface area (Å²) in [4.78, 5) is 19.0. The number of nitrogens with zero attached hydrogens (tertiary/aromatic N) is 3. The van der Waals surface area contributed by atoms with Crippen molar-refractivity contribution in [2.24, 2.45) is 0 Å². The lowest BCUT2D eigenvalue weighted by molar-refractivity contribution is -0.384. The number of aryl methyl sites for hydroxylation is 2. The first-order valence-electron chi connectivity index (χ1n) is 5.49. The SMILES string of the molecule is Cc1cccc([N+](=O)[O-])c1Nc1ncc(Br)nc1C. The molecule has 1 aromatic carbocycles. The number of rotatable bonds is 3. The molecule has 7 heteroatoms. The Kier molecular flexibility index (Phi) is 3.75. The van der Waals surface area contributed by atoms with Crippen molar-refractivity contribution in [1.29, 1.82) is 0 Å². The summed E-state index contributed by atoms with van der Waals surface area (Å²) in [5.41, 5.74) is 1.89. The molecule has 0 spiro atoms. The van der Waals surface area contributed by atoms with Gasteiger partial charge in [-0.05, 0) is 35.3 Å². The molecule has 0 amide bonds. The van der Waals surface area contributed by atoms with E-state index in [2.05, 4.69) is 31.2 Å². The topological polar surface area (TPSA) is 81.0 Å². The van der Waals surface area contributed by atoms with Crippen molar-refractivity contribution in [3.63, 3.8) is 0 Å². The minimum atomic E-state index is -0.420. The summed E-state index contributed by atoms with van der Waals surface area (Å²) >= 11 is 3.22. The number of hydrogen-bond acceptors (Lipinski definition) is 5. The molecule has 0 aliphatic rings. The van der Waals surface area contributed by atoms with E-state index in [4.69, 9.17) is 0 Å². The summed E-state index contributed by atoms with van der Waals surface area (Å²) in [5, 5.41) is 14.0. The molecule has 6 nitrogen and oxygen atoms in total. The molecule has 1 aromatic heterocycles. The number of aromatic nitrogens is 2. The molecule has 98 valence electrons. The highest BCUT2D eigenvalue weighted by Gasteiger charge is 2.16. The molecule has 0 aliphatic carbocycles. The van der Waals surface area contributed by atoms with E-state index in [1.807, 2.05) is 0 Å². The molecule has 0 fully saturated rings. The first-order valence-corrected chi connectivity index (χ1v) is 6.28. The third-order valence-electron chi connectivity index (χ3n) is 2.61. The van der Waals surface area contributed by atoms with Crippen LogP contribution < -0.4 is 5.32 Å². The molecular weight excluding hydrogens is 312 g/mol. The van der Waals surface area contributed by atoms with Crippen LogP contribution in [0.3, 0.4) is 0 Å². The number of halogens is 1. The average Bonchev–Trinajstić information content (AvgIpc) is 2.34. The summed E-state index contributed by atoms with van der Waals surface area (Å²) in [7, 11) is 0. The van der Waals surface area contributed by atoms with Crippen molar-refractivity contribution >= 4 is 33.1 Å². The highest BCUT2D eigenvalue weighted by molar-refractivity contribution is 9.10. The smallest absolute Gasteiger partial charge is 0.292 e. The van der Waals surface area contributed by atoms with Crippen molar-refractivity contribution in [3.8, 4) is 0 Å². The van der Waals surface area contributed by atoms with Gasteiger partial charge in [-0.3, -0.25) is 10.1 Å². The average molecular weight is 323 g/mol. The monoisotopic (exact) mass is 322 g/mol. The number of nitrogens with one attached hydrogen (secondary N) is 1. The molecule has 0 aliphatic heterocycles. The number of anilines is 2. The van der Waals surface area contributed by atoms with Crippen LogP contribution in [0.4, 0.5) is 17.2 Å². The Bertz CT molecular complexity index is 646. The van der Waals surface area contributed by atoms with E-state index < -0.39 is 4.92 Å². The van der Waals surface area contributed by atoms with Crippen molar-refractivity contribution in [1.82, 2.24) is 9.97 Å². The Morgan fingerprint density at radius 1 is 1.37 bits per heavy atom. The van der Waals surface area contributed by atoms with Gasteiger partial charge < -0.3 is 5.32 Å². The molecule has 0 saturated heterocycles. The summed E-state index contributed by atoms with van der Waals surface area (Å²) in [6.07, 6.45) is 1.54. The normalized spacial score (nSPS) is 10.3. The first kappa shape index (κ1) is 13.4. The summed E-state index contributed by atoms with van der Waals surface area (Å²) < 4.78 is 0.620. The first-order chi connectivity index (χ1) is 8.99. The number of benzene rings is 1. The van der Waals surface area contributed by atoms with Gasteiger partial charge in [0.25, 0.3) is 5.69 Å². The van der Waals surface area contributed by atoms with Gasteiger partial charge in [0.2, 0.25) is 0 Å². The van der Waals surface area contributed by atoms with Gasteiger partial charge in [0.1, 0.15) is 10.3 Å². The van der Waals surface area contributed by atoms with Gasteiger partial charge in [-0.1, -0.05) is 12.1 Å². The van der Waals surface area contributed by atoms with E-state index >= 15 is 0 Å². The molecule has 19 heavy (non-hydrogen) atoms. The van der Waals surface area contributed by atoms with Gasteiger partial charge in [0.15, 0.2) is 5.82 Å². The van der Waals surface area contributed by atoms with Crippen LogP contribution in [0.25, 0.3) is 0 Å². The summed E-state index contributed by atoms with van der Waals surface area (Å²) in [5.74, 6) is 0.501. The van der Waals surface area contributed by atoms with E-state index in [1.165, 1.54) is 6.07 Å². The number of hydrogen-bond donors (Lipinski definition) is 1. The second-order valence-electron chi connectivity index (χ2n) is 3.98. The second kappa shape index (κ2) is 5.31. The predicted octanol–water partition coefficient (Wildman–Crippen LogP) is 3.51. The van der Waals surface area contributed by atoms with E-state index in [9.17, 15) is 10.1 Å². The number of nitro benzene ring substituents is 1. The van der Waals surface area contributed by atoms with Gasteiger partial charge in [0.05, 0.1) is 16.8 Å². The van der Waals surface area contributed by atoms with Gasteiger partial charge in [-0.2, -0.15) is 0 Å². The Balaban J connectivity index is 2.46. The van der Waals surface area contributed by atoms with Crippen LogP contribution in [-0.4, -0.2) is 14.9 Å². The fraction of sp³-hybridized carbons (Fsp3) is 0.167.